The van der Waals surface area contributed by atoms with E-state index >= 15 is 0 Å². The third kappa shape index (κ3) is 14.7. The number of nitrogens with zero attached hydrogens (tertiary/aromatic N) is 2. The number of sulfonamides is 1. The molecule has 152 valence electrons. The molecule has 0 saturated heterocycles. The molecule has 0 aliphatic rings. The standard InChI is InChI=1S/C17H38N4O2S.HI/c1-8-18-16(20-15(3)11-12-17(4,5)6)19-13-10-14-21(9-2)24(7,22)23;/h15H,8-14H2,1-7H3,(H2,18,19,20);1H. The Morgan fingerprint density at radius 2 is 1.84 bits per heavy atom. The van der Waals surface area contributed by atoms with Crippen LogP contribution in [0.25, 0.3) is 0 Å². The zero-order valence-corrected chi connectivity index (χ0v) is 20.2. The van der Waals surface area contributed by atoms with E-state index in [0.29, 0.717) is 37.5 Å². The molecule has 8 heteroatoms. The number of aliphatic imine (C=N–C) groups is 1. The van der Waals surface area contributed by atoms with Gasteiger partial charge >= 0.3 is 0 Å². The zero-order valence-electron chi connectivity index (χ0n) is 17.1. The van der Waals surface area contributed by atoms with Crippen molar-refractivity contribution in [1.29, 1.82) is 0 Å². The Hall–Kier alpha value is -0.0900. The van der Waals surface area contributed by atoms with Crippen molar-refractivity contribution in [3.05, 3.63) is 0 Å². The summed E-state index contributed by atoms with van der Waals surface area (Å²) in [7, 11) is -3.11. The molecule has 0 amide bonds. The summed E-state index contributed by atoms with van der Waals surface area (Å²) in [6, 6.07) is 0.352. The van der Waals surface area contributed by atoms with Gasteiger partial charge in [0.25, 0.3) is 0 Å². The highest BCUT2D eigenvalue weighted by atomic mass is 127. The summed E-state index contributed by atoms with van der Waals surface area (Å²) in [5, 5.41) is 6.68. The van der Waals surface area contributed by atoms with Crippen LogP contribution in [-0.2, 0) is 10.0 Å². The van der Waals surface area contributed by atoms with Crippen LogP contribution in [0.4, 0.5) is 0 Å². The first kappa shape index (κ1) is 27.1. The summed E-state index contributed by atoms with van der Waals surface area (Å²) in [4.78, 5) is 4.56. The minimum absolute atomic E-state index is 0. The van der Waals surface area contributed by atoms with Crippen molar-refractivity contribution >= 4 is 40.0 Å². The first-order valence-corrected chi connectivity index (χ1v) is 10.8. The molecule has 1 atom stereocenters. The van der Waals surface area contributed by atoms with Gasteiger partial charge in [0.2, 0.25) is 10.0 Å². The van der Waals surface area contributed by atoms with Crippen molar-refractivity contribution in [2.24, 2.45) is 10.4 Å². The van der Waals surface area contributed by atoms with E-state index in [1.54, 1.807) is 0 Å². The number of guanidine groups is 1. The number of nitrogens with one attached hydrogen (secondary N) is 2. The highest BCUT2D eigenvalue weighted by Crippen LogP contribution is 2.21. The van der Waals surface area contributed by atoms with Gasteiger partial charge in [-0.3, -0.25) is 4.99 Å². The second-order valence-corrected chi connectivity index (χ2v) is 9.50. The van der Waals surface area contributed by atoms with Crippen molar-refractivity contribution in [3.8, 4) is 0 Å². The molecule has 0 saturated carbocycles. The quantitative estimate of drug-likeness (QED) is 0.214. The molecule has 0 aromatic rings. The molecule has 0 aliphatic heterocycles. The third-order valence-electron chi connectivity index (χ3n) is 3.71. The monoisotopic (exact) mass is 490 g/mol. The smallest absolute Gasteiger partial charge is 0.211 e. The van der Waals surface area contributed by atoms with E-state index in [-0.39, 0.29) is 24.0 Å². The lowest BCUT2D eigenvalue weighted by molar-refractivity contribution is 0.346. The zero-order chi connectivity index (χ0) is 18.8. The maximum absolute atomic E-state index is 11.6. The molecule has 2 N–H and O–H groups in total. The highest BCUT2D eigenvalue weighted by molar-refractivity contribution is 14.0. The van der Waals surface area contributed by atoms with Gasteiger partial charge in [0.05, 0.1) is 6.26 Å². The maximum atomic E-state index is 11.6. The van der Waals surface area contributed by atoms with Crippen LogP contribution in [0.15, 0.2) is 4.99 Å². The molecule has 0 bridgehead atoms. The van der Waals surface area contributed by atoms with Crippen molar-refractivity contribution in [2.45, 2.75) is 66.8 Å². The summed E-state index contributed by atoms with van der Waals surface area (Å²) in [6.07, 6.45) is 4.21. The van der Waals surface area contributed by atoms with Crippen LogP contribution < -0.4 is 10.6 Å². The fraction of sp³-hybridized carbons (Fsp3) is 0.941. The van der Waals surface area contributed by atoms with Gasteiger partial charge in [0.1, 0.15) is 0 Å². The van der Waals surface area contributed by atoms with Crippen molar-refractivity contribution < 1.29 is 8.42 Å². The Balaban J connectivity index is 0. The van der Waals surface area contributed by atoms with Crippen LogP contribution in [0.1, 0.15) is 60.8 Å². The predicted molar refractivity (Wildman–Crippen MR) is 119 cm³/mol. The van der Waals surface area contributed by atoms with Crippen LogP contribution in [0.2, 0.25) is 0 Å². The van der Waals surface area contributed by atoms with E-state index in [0.717, 1.165) is 25.3 Å². The molecule has 0 fully saturated rings. The largest absolute Gasteiger partial charge is 0.357 e. The molecule has 0 aromatic carbocycles. The molecule has 25 heavy (non-hydrogen) atoms. The molecular weight excluding hydrogens is 451 g/mol. The third-order valence-corrected chi connectivity index (χ3v) is 5.09. The Bertz CT molecular complexity index is 476. The Kier molecular flexibility index (Phi) is 14.3. The molecule has 0 aromatic heterocycles. The van der Waals surface area contributed by atoms with E-state index in [2.05, 4.69) is 43.3 Å². The van der Waals surface area contributed by atoms with Gasteiger partial charge in [0.15, 0.2) is 5.96 Å². The summed E-state index contributed by atoms with van der Waals surface area (Å²) >= 11 is 0. The summed E-state index contributed by atoms with van der Waals surface area (Å²) in [6.45, 7) is 15.2. The number of hydrogen-bond acceptors (Lipinski definition) is 3. The molecule has 1 unspecified atom stereocenters. The fourth-order valence-corrected chi connectivity index (χ4v) is 3.20. The highest BCUT2D eigenvalue weighted by Gasteiger charge is 2.14. The van der Waals surface area contributed by atoms with Crippen LogP contribution in [0.3, 0.4) is 0 Å². The lowest BCUT2D eigenvalue weighted by Gasteiger charge is -2.23. The second kappa shape index (κ2) is 13.1. The van der Waals surface area contributed by atoms with Crippen LogP contribution >= 0.6 is 24.0 Å². The van der Waals surface area contributed by atoms with Gasteiger partial charge in [-0.2, -0.15) is 0 Å². The molecule has 0 aliphatic carbocycles. The molecule has 0 heterocycles. The Labute approximate surface area is 172 Å². The normalized spacial score (nSPS) is 14.2. The Morgan fingerprint density at radius 3 is 2.28 bits per heavy atom. The fourth-order valence-electron chi connectivity index (χ4n) is 2.27. The van der Waals surface area contributed by atoms with Gasteiger partial charge in [-0.05, 0) is 38.5 Å². The first-order chi connectivity index (χ1) is 11.0. The lowest BCUT2D eigenvalue weighted by atomic mass is 9.89. The second-order valence-electron chi connectivity index (χ2n) is 7.51. The summed E-state index contributed by atoms with van der Waals surface area (Å²) in [5.41, 5.74) is 0.334. The van der Waals surface area contributed by atoms with E-state index in [9.17, 15) is 8.42 Å². The van der Waals surface area contributed by atoms with Gasteiger partial charge < -0.3 is 10.6 Å². The Morgan fingerprint density at radius 1 is 1.24 bits per heavy atom. The molecule has 0 rings (SSSR count). The van der Waals surface area contributed by atoms with Gasteiger partial charge in [0, 0.05) is 32.2 Å². The minimum atomic E-state index is -3.11. The number of hydrogen-bond donors (Lipinski definition) is 2. The van der Waals surface area contributed by atoms with E-state index in [1.807, 2.05) is 13.8 Å². The topological polar surface area (TPSA) is 73.8 Å². The molecule has 0 spiro atoms. The van der Waals surface area contributed by atoms with Crippen molar-refractivity contribution in [1.82, 2.24) is 14.9 Å². The minimum Gasteiger partial charge on any atom is -0.357 e. The molecule has 6 nitrogen and oxygen atoms in total. The average Bonchev–Trinajstić information content (AvgIpc) is 2.43. The van der Waals surface area contributed by atoms with Crippen LogP contribution in [-0.4, -0.2) is 57.2 Å². The van der Waals surface area contributed by atoms with E-state index in [4.69, 9.17) is 0 Å². The van der Waals surface area contributed by atoms with Crippen LogP contribution in [0, 0.1) is 5.41 Å². The first-order valence-electron chi connectivity index (χ1n) is 8.99. The summed E-state index contributed by atoms with van der Waals surface area (Å²) < 4.78 is 24.6. The summed E-state index contributed by atoms with van der Waals surface area (Å²) in [5.74, 6) is 0.807. The van der Waals surface area contributed by atoms with Crippen molar-refractivity contribution in [3.63, 3.8) is 0 Å². The van der Waals surface area contributed by atoms with E-state index < -0.39 is 10.0 Å². The van der Waals surface area contributed by atoms with E-state index in [1.165, 1.54) is 10.6 Å². The molecule has 0 radical (unpaired) electrons. The van der Waals surface area contributed by atoms with Gasteiger partial charge in [-0.15, -0.1) is 24.0 Å². The number of halogens is 1. The lowest BCUT2D eigenvalue weighted by Crippen LogP contribution is -2.42. The maximum Gasteiger partial charge on any atom is 0.211 e. The van der Waals surface area contributed by atoms with Gasteiger partial charge in [-0.25, -0.2) is 12.7 Å². The van der Waals surface area contributed by atoms with Crippen molar-refractivity contribution in [2.75, 3.05) is 32.4 Å². The SMILES string of the molecule is CCNC(=NCCCN(CC)S(C)(=O)=O)NC(C)CCC(C)(C)C.I. The van der Waals surface area contributed by atoms with Gasteiger partial charge in [-0.1, -0.05) is 27.7 Å². The van der Waals surface area contributed by atoms with Crippen LogP contribution in [0.5, 0.6) is 0 Å². The molecular formula is C17H39IN4O2S. The number of rotatable bonds is 10. The predicted octanol–water partition coefficient (Wildman–Crippen LogP) is 3.05. The average molecular weight is 490 g/mol.